The van der Waals surface area contributed by atoms with E-state index in [0.717, 1.165) is 41.7 Å². The van der Waals surface area contributed by atoms with Gasteiger partial charge in [-0.2, -0.15) is 13.2 Å². The van der Waals surface area contributed by atoms with E-state index in [1.54, 1.807) is 11.3 Å². The van der Waals surface area contributed by atoms with Crippen molar-refractivity contribution < 1.29 is 18.0 Å². The Morgan fingerprint density at radius 1 is 1.30 bits per heavy atom. The summed E-state index contributed by atoms with van der Waals surface area (Å²) in [4.78, 5) is 15.7. The van der Waals surface area contributed by atoms with Crippen molar-refractivity contribution in [2.45, 2.75) is 30.2 Å². The van der Waals surface area contributed by atoms with E-state index in [4.69, 9.17) is 0 Å². The molecular weight excluding hydrogens is 397 g/mol. The monoisotopic (exact) mass is 412 g/mol. The Balaban J connectivity index is 1.49. The van der Waals surface area contributed by atoms with Crippen molar-refractivity contribution in [1.82, 2.24) is 19.5 Å². The number of thioether (sulfide) groups is 1. The van der Waals surface area contributed by atoms with Crippen LogP contribution in [0.1, 0.15) is 29.3 Å². The number of carbonyl (C=O) groups excluding carboxylic acids is 1. The zero-order chi connectivity index (χ0) is 19.0. The van der Waals surface area contributed by atoms with Gasteiger partial charge >= 0.3 is 6.18 Å². The fourth-order valence-electron chi connectivity index (χ4n) is 3.19. The van der Waals surface area contributed by atoms with Gasteiger partial charge in [0.05, 0.1) is 17.4 Å². The highest BCUT2D eigenvalue weighted by molar-refractivity contribution is 7.99. The first-order valence-corrected chi connectivity index (χ1v) is 10.2. The molecule has 1 saturated heterocycles. The summed E-state index contributed by atoms with van der Waals surface area (Å²) in [6.07, 6.45) is -1.60. The molecule has 0 radical (unpaired) electrons. The summed E-state index contributed by atoms with van der Waals surface area (Å²) in [5.41, 5.74) is -0.462. The maximum absolute atomic E-state index is 12.9. The highest BCUT2D eigenvalue weighted by Gasteiger charge is 2.32. The van der Waals surface area contributed by atoms with Crippen molar-refractivity contribution in [3.63, 3.8) is 0 Å². The lowest BCUT2D eigenvalue weighted by atomic mass is 10.2. The largest absolute Gasteiger partial charge is 0.417 e. The fraction of sp³-hybridized carbons (Fsp3) is 0.353. The van der Waals surface area contributed by atoms with Crippen LogP contribution in [0.15, 0.2) is 41.0 Å². The third kappa shape index (κ3) is 3.68. The molecule has 27 heavy (non-hydrogen) atoms. The van der Waals surface area contributed by atoms with Crippen LogP contribution in [0.4, 0.5) is 13.2 Å². The molecule has 1 aliphatic rings. The number of hydrogen-bond donors (Lipinski definition) is 0. The number of amides is 1. The van der Waals surface area contributed by atoms with Crippen molar-refractivity contribution in [1.29, 1.82) is 0 Å². The van der Waals surface area contributed by atoms with Crippen LogP contribution in [0.5, 0.6) is 0 Å². The molecule has 3 aromatic rings. The van der Waals surface area contributed by atoms with Crippen LogP contribution >= 0.6 is 23.1 Å². The van der Waals surface area contributed by atoms with E-state index in [1.165, 1.54) is 10.5 Å². The number of thiophene rings is 1. The minimum absolute atomic E-state index is 0.0420. The Kier molecular flexibility index (Phi) is 4.85. The van der Waals surface area contributed by atoms with Crippen molar-refractivity contribution >= 4 is 34.7 Å². The Morgan fingerprint density at radius 3 is 2.89 bits per heavy atom. The van der Waals surface area contributed by atoms with E-state index in [0.29, 0.717) is 12.2 Å². The number of aromatic nitrogens is 3. The average molecular weight is 412 g/mol. The lowest BCUT2D eigenvalue weighted by molar-refractivity contribution is -0.138. The first kappa shape index (κ1) is 18.3. The molecular formula is C17H15F3N4OS2. The molecule has 0 aliphatic carbocycles. The maximum atomic E-state index is 12.9. The summed E-state index contributed by atoms with van der Waals surface area (Å²) < 4.78 is 40.1. The molecule has 10 heteroatoms. The number of hydrogen-bond acceptors (Lipinski definition) is 5. The van der Waals surface area contributed by atoms with E-state index in [-0.39, 0.29) is 22.9 Å². The van der Waals surface area contributed by atoms with Crippen LogP contribution < -0.4 is 0 Å². The number of likely N-dealkylation sites (tertiary alicyclic amines) is 1. The predicted molar refractivity (Wildman–Crippen MR) is 96.7 cm³/mol. The van der Waals surface area contributed by atoms with Crippen molar-refractivity contribution in [2.75, 3.05) is 12.3 Å². The normalized spacial score (nSPS) is 17.7. The second-order valence-corrected chi connectivity index (χ2v) is 8.10. The van der Waals surface area contributed by atoms with Gasteiger partial charge in [0.25, 0.3) is 0 Å². The Hall–Kier alpha value is -2.07. The number of rotatable bonds is 4. The van der Waals surface area contributed by atoms with E-state index < -0.39 is 11.7 Å². The second-order valence-electron chi connectivity index (χ2n) is 6.18. The quantitative estimate of drug-likeness (QED) is 0.601. The summed E-state index contributed by atoms with van der Waals surface area (Å²) in [5.74, 6) is 0.0680. The van der Waals surface area contributed by atoms with Crippen molar-refractivity contribution in [2.24, 2.45) is 0 Å². The third-order valence-electron chi connectivity index (χ3n) is 4.47. The molecule has 4 rings (SSSR count). The molecule has 1 amide bonds. The van der Waals surface area contributed by atoms with E-state index in [9.17, 15) is 18.0 Å². The van der Waals surface area contributed by atoms with Crippen LogP contribution in [0.25, 0.3) is 5.65 Å². The highest BCUT2D eigenvalue weighted by Crippen LogP contribution is 2.35. The van der Waals surface area contributed by atoms with Gasteiger partial charge in [-0.15, -0.1) is 21.5 Å². The van der Waals surface area contributed by atoms with Crippen LogP contribution in [0, 0.1) is 0 Å². The van der Waals surface area contributed by atoms with Gasteiger partial charge < -0.3 is 4.90 Å². The highest BCUT2D eigenvalue weighted by atomic mass is 32.2. The SMILES string of the molecule is O=C(CSc1nnc2ccc(C(F)(F)F)cn12)N1CCCC1c1cccs1. The second kappa shape index (κ2) is 7.16. The topological polar surface area (TPSA) is 50.5 Å². The molecule has 4 heterocycles. The molecule has 1 aliphatic heterocycles. The summed E-state index contributed by atoms with van der Waals surface area (Å²) in [6.45, 7) is 0.695. The van der Waals surface area contributed by atoms with Crippen LogP contribution in [-0.2, 0) is 11.0 Å². The molecule has 3 aromatic heterocycles. The summed E-state index contributed by atoms with van der Waals surface area (Å²) in [6, 6.07) is 6.33. The number of nitrogens with zero attached hydrogens (tertiary/aromatic N) is 4. The first-order valence-electron chi connectivity index (χ1n) is 8.31. The molecule has 0 bridgehead atoms. The average Bonchev–Trinajstić information content (AvgIpc) is 3.37. The summed E-state index contributed by atoms with van der Waals surface area (Å²) in [5, 5.41) is 10.1. The van der Waals surface area contributed by atoms with Gasteiger partial charge in [0, 0.05) is 17.6 Å². The standard InChI is InChI=1S/C17H15F3N4OS2/c18-17(19,20)11-5-6-14-21-22-16(24(14)9-11)27-10-15(25)23-7-1-3-12(23)13-4-2-8-26-13/h2,4-6,8-9,12H,1,3,7,10H2. The maximum Gasteiger partial charge on any atom is 0.417 e. The van der Waals surface area contributed by atoms with Gasteiger partial charge in [-0.1, -0.05) is 17.8 Å². The van der Waals surface area contributed by atoms with Gasteiger partial charge in [0.1, 0.15) is 0 Å². The number of halogens is 3. The Morgan fingerprint density at radius 2 is 2.15 bits per heavy atom. The molecule has 0 saturated carbocycles. The fourth-order valence-corrected chi connectivity index (χ4v) is 4.86. The van der Waals surface area contributed by atoms with Gasteiger partial charge in [0.15, 0.2) is 10.8 Å². The molecule has 1 atom stereocenters. The summed E-state index contributed by atoms with van der Waals surface area (Å²) >= 11 is 2.73. The van der Waals surface area contributed by atoms with Gasteiger partial charge in [-0.05, 0) is 36.4 Å². The molecule has 0 spiro atoms. The molecule has 142 valence electrons. The third-order valence-corrected chi connectivity index (χ3v) is 6.37. The molecule has 0 N–H and O–H groups in total. The number of carbonyl (C=O) groups is 1. The molecule has 1 unspecified atom stereocenters. The van der Waals surface area contributed by atoms with Crippen molar-refractivity contribution in [3.8, 4) is 0 Å². The van der Waals surface area contributed by atoms with Crippen LogP contribution in [-0.4, -0.2) is 37.7 Å². The van der Waals surface area contributed by atoms with E-state index in [1.807, 2.05) is 22.4 Å². The Bertz CT molecular complexity index is 955. The number of pyridine rings is 1. The molecule has 5 nitrogen and oxygen atoms in total. The zero-order valence-electron chi connectivity index (χ0n) is 14.0. The smallest absolute Gasteiger partial charge is 0.334 e. The van der Waals surface area contributed by atoms with Crippen LogP contribution in [0.2, 0.25) is 0 Å². The van der Waals surface area contributed by atoms with Gasteiger partial charge in [0.2, 0.25) is 5.91 Å². The van der Waals surface area contributed by atoms with Gasteiger partial charge in [-0.3, -0.25) is 9.20 Å². The molecule has 1 fully saturated rings. The lowest BCUT2D eigenvalue weighted by Gasteiger charge is -2.23. The Labute approximate surface area is 161 Å². The van der Waals surface area contributed by atoms with Crippen LogP contribution in [0.3, 0.4) is 0 Å². The first-order chi connectivity index (χ1) is 12.9. The van der Waals surface area contributed by atoms with Crippen molar-refractivity contribution in [3.05, 3.63) is 46.3 Å². The summed E-state index contributed by atoms with van der Waals surface area (Å²) in [7, 11) is 0. The van der Waals surface area contributed by atoms with E-state index >= 15 is 0 Å². The minimum Gasteiger partial charge on any atom is -0.334 e. The number of alkyl halides is 3. The van der Waals surface area contributed by atoms with Gasteiger partial charge in [-0.25, -0.2) is 0 Å². The lowest BCUT2D eigenvalue weighted by Crippen LogP contribution is -2.31. The zero-order valence-corrected chi connectivity index (χ0v) is 15.7. The van der Waals surface area contributed by atoms with E-state index in [2.05, 4.69) is 10.2 Å². The number of fused-ring (bicyclic) bond motifs is 1. The minimum atomic E-state index is -4.44. The molecule has 0 aromatic carbocycles. The predicted octanol–water partition coefficient (Wildman–Crippen LogP) is 4.27.